The van der Waals surface area contributed by atoms with E-state index in [1.165, 1.54) is 0 Å². The smallest absolute Gasteiger partial charge is 0.307 e. The van der Waals surface area contributed by atoms with E-state index in [4.69, 9.17) is 5.11 Å². The van der Waals surface area contributed by atoms with Crippen LogP contribution >= 0.6 is 11.8 Å². The Morgan fingerprint density at radius 1 is 1.05 bits per heavy atom. The SMILES string of the molecule is Cc1nc(SCc2ccc(CC(=O)O)cc2)nc(C)c1C. The van der Waals surface area contributed by atoms with Gasteiger partial charge in [0.05, 0.1) is 6.42 Å². The fourth-order valence-corrected chi connectivity index (χ4v) is 2.77. The standard InChI is InChI=1S/C16H18N2O2S/c1-10-11(2)17-16(18-12(10)3)21-9-14-6-4-13(5-7-14)8-15(19)20/h4-7H,8-9H2,1-3H3,(H,19,20). The molecule has 1 aromatic carbocycles. The summed E-state index contributed by atoms with van der Waals surface area (Å²) < 4.78 is 0. The molecule has 1 heterocycles. The van der Waals surface area contributed by atoms with E-state index in [-0.39, 0.29) is 6.42 Å². The molecule has 21 heavy (non-hydrogen) atoms. The van der Waals surface area contributed by atoms with Crippen LogP contribution in [0.1, 0.15) is 28.1 Å². The molecule has 0 aliphatic rings. The molecule has 0 spiro atoms. The van der Waals surface area contributed by atoms with E-state index in [2.05, 4.69) is 9.97 Å². The molecule has 0 saturated heterocycles. The molecule has 0 aliphatic heterocycles. The van der Waals surface area contributed by atoms with Crippen molar-refractivity contribution in [2.45, 2.75) is 38.1 Å². The van der Waals surface area contributed by atoms with Gasteiger partial charge in [-0.1, -0.05) is 36.0 Å². The summed E-state index contributed by atoms with van der Waals surface area (Å²) in [4.78, 5) is 19.6. The number of rotatable bonds is 5. The van der Waals surface area contributed by atoms with Crippen molar-refractivity contribution in [3.63, 3.8) is 0 Å². The van der Waals surface area contributed by atoms with Crippen LogP contribution in [-0.4, -0.2) is 21.0 Å². The van der Waals surface area contributed by atoms with Gasteiger partial charge < -0.3 is 5.11 Å². The second-order valence-electron chi connectivity index (χ2n) is 4.98. The Labute approximate surface area is 128 Å². The van der Waals surface area contributed by atoms with E-state index >= 15 is 0 Å². The Morgan fingerprint density at radius 2 is 1.57 bits per heavy atom. The number of aryl methyl sites for hydroxylation is 2. The monoisotopic (exact) mass is 302 g/mol. The fraction of sp³-hybridized carbons (Fsp3) is 0.312. The zero-order valence-corrected chi connectivity index (χ0v) is 13.2. The van der Waals surface area contributed by atoms with Crippen LogP contribution < -0.4 is 0 Å². The maximum Gasteiger partial charge on any atom is 0.307 e. The molecular weight excluding hydrogens is 284 g/mol. The Hall–Kier alpha value is -1.88. The van der Waals surface area contributed by atoms with Crippen LogP contribution in [0, 0.1) is 20.8 Å². The third kappa shape index (κ3) is 4.29. The lowest BCUT2D eigenvalue weighted by atomic mass is 10.1. The highest BCUT2D eigenvalue weighted by Gasteiger charge is 2.06. The van der Waals surface area contributed by atoms with Crippen molar-refractivity contribution in [1.29, 1.82) is 0 Å². The second kappa shape index (κ2) is 6.72. The summed E-state index contributed by atoms with van der Waals surface area (Å²) >= 11 is 1.59. The minimum atomic E-state index is -0.809. The number of benzene rings is 1. The number of carbonyl (C=O) groups is 1. The number of aliphatic carboxylic acids is 1. The summed E-state index contributed by atoms with van der Waals surface area (Å²) in [6.07, 6.45) is 0.0624. The molecule has 0 radical (unpaired) electrons. The third-order valence-corrected chi connectivity index (χ3v) is 4.28. The van der Waals surface area contributed by atoms with Gasteiger partial charge in [0.15, 0.2) is 5.16 Å². The van der Waals surface area contributed by atoms with Crippen molar-refractivity contribution < 1.29 is 9.90 Å². The van der Waals surface area contributed by atoms with Crippen molar-refractivity contribution in [3.8, 4) is 0 Å². The Balaban J connectivity index is 2.01. The van der Waals surface area contributed by atoms with Crippen molar-refractivity contribution in [3.05, 3.63) is 52.3 Å². The average molecular weight is 302 g/mol. The van der Waals surface area contributed by atoms with E-state index in [9.17, 15) is 4.79 Å². The number of carboxylic acid groups (broad SMARTS) is 1. The molecule has 2 rings (SSSR count). The maximum absolute atomic E-state index is 10.6. The summed E-state index contributed by atoms with van der Waals surface area (Å²) in [7, 11) is 0. The predicted octanol–water partition coefficient (Wildman–Crippen LogP) is 3.32. The Morgan fingerprint density at radius 3 is 2.10 bits per heavy atom. The highest BCUT2D eigenvalue weighted by molar-refractivity contribution is 7.98. The number of carboxylic acids is 1. The molecule has 110 valence electrons. The number of thioether (sulfide) groups is 1. The summed E-state index contributed by atoms with van der Waals surface area (Å²) in [5.41, 5.74) is 5.11. The van der Waals surface area contributed by atoms with Crippen LogP contribution in [0.3, 0.4) is 0 Å². The number of hydrogen-bond acceptors (Lipinski definition) is 4. The predicted molar refractivity (Wildman–Crippen MR) is 83.6 cm³/mol. The topological polar surface area (TPSA) is 63.1 Å². The van der Waals surface area contributed by atoms with Gasteiger partial charge in [-0.15, -0.1) is 0 Å². The van der Waals surface area contributed by atoms with E-state index in [1.807, 2.05) is 45.0 Å². The minimum absolute atomic E-state index is 0.0624. The molecule has 0 saturated carbocycles. The van der Waals surface area contributed by atoms with Gasteiger partial charge in [-0.25, -0.2) is 9.97 Å². The lowest BCUT2D eigenvalue weighted by Crippen LogP contribution is -2.00. The van der Waals surface area contributed by atoms with Gasteiger partial charge in [-0.3, -0.25) is 4.79 Å². The first-order valence-electron chi connectivity index (χ1n) is 6.70. The van der Waals surface area contributed by atoms with Gasteiger partial charge in [-0.2, -0.15) is 0 Å². The molecule has 0 fully saturated rings. The quantitative estimate of drug-likeness (QED) is 0.678. The summed E-state index contributed by atoms with van der Waals surface area (Å²) in [5.74, 6) is -0.0360. The first kappa shape index (κ1) is 15.5. The second-order valence-corrected chi connectivity index (χ2v) is 5.92. The van der Waals surface area contributed by atoms with Gasteiger partial charge in [0.2, 0.25) is 0 Å². The van der Waals surface area contributed by atoms with Gasteiger partial charge in [0.1, 0.15) is 0 Å². The first-order chi connectivity index (χ1) is 9.95. The number of nitrogens with zero attached hydrogens (tertiary/aromatic N) is 2. The van der Waals surface area contributed by atoms with Crippen LogP contribution in [0.25, 0.3) is 0 Å². The van der Waals surface area contributed by atoms with Gasteiger partial charge >= 0.3 is 5.97 Å². The lowest BCUT2D eigenvalue weighted by Gasteiger charge is -2.07. The Kier molecular flexibility index (Phi) is 4.96. The van der Waals surface area contributed by atoms with Crippen LogP contribution in [0.4, 0.5) is 0 Å². The van der Waals surface area contributed by atoms with Crippen molar-refractivity contribution in [1.82, 2.24) is 9.97 Å². The molecule has 0 atom stereocenters. The molecule has 0 amide bonds. The largest absolute Gasteiger partial charge is 0.481 e. The lowest BCUT2D eigenvalue weighted by molar-refractivity contribution is -0.136. The molecule has 0 bridgehead atoms. The van der Waals surface area contributed by atoms with Crippen LogP contribution in [0.15, 0.2) is 29.4 Å². The van der Waals surface area contributed by atoms with Crippen LogP contribution in [0.5, 0.6) is 0 Å². The van der Waals surface area contributed by atoms with Crippen molar-refractivity contribution >= 4 is 17.7 Å². The molecule has 0 unspecified atom stereocenters. The summed E-state index contributed by atoms with van der Waals surface area (Å²) in [6.45, 7) is 6.02. The highest BCUT2D eigenvalue weighted by atomic mass is 32.2. The third-order valence-electron chi connectivity index (χ3n) is 3.36. The number of aromatic nitrogens is 2. The molecular formula is C16H18N2O2S. The van der Waals surface area contributed by atoms with E-state index in [0.29, 0.717) is 0 Å². The van der Waals surface area contributed by atoms with Crippen molar-refractivity contribution in [2.75, 3.05) is 0 Å². The number of hydrogen-bond donors (Lipinski definition) is 1. The average Bonchev–Trinajstić information content (AvgIpc) is 2.43. The molecule has 5 heteroatoms. The summed E-state index contributed by atoms with van der Waals surface area (Å²) in [6, 6.07) is 7.63. The highest BCUT2D eigenvalue weighted by Crippen LogP contribution is 2.21. The molecule has 1 N–H and O–H groups in total. The summed E-state index contributed by atoms with van der Waals surface area (Å²) in [5, 5.41) is 9.52. The maximum atomic E-state index is 10.6. The normalized spacial score (nSPS) is 10.6. The van der Waals surface area contributed by atoms with Gasteiger partial charge in [0, 0.05) is 17.1 Å². The Bertz CT molecular complexity index is 631. The molecule has 0 aliphatic carbocycles. The fourth-order valence-electron chi connectivity index (χ4n) is 1.88. The van der Waals surface area contributed by atoms with Crippen LogP contribution in [-0.2, 0) is 17.0 Å². The zero-order chi connectivity index (χ0) is 15.4. The van der Waals surface area contributed by atoms with E-state index in [1.54, 1.807) is 11.8 Å². The molecule has 1 aromatic heterocycles. The zero-order valence-electron chi connectivity index (χ0n) is 12.4. The van der Waals surface area contributed by atoms with Gasteiger partial charge in [-0.05, 0) is 37.5 Å². The van der Waals surface area contributed by atoms with E-state index < -0.39 is 5.97 Å². The van der Waals surface area contributed by atoms with Crippen molar-refractivity contribution in [2.24, 2.45) is 0 Å². The first-order valence-corrected chi connectivity index (χ1v) is 7.68. The molecule has 4 nitrogen and oxygen atoms in total. The molecule has 2 aromatic rings. The van der Waals surface area contributed by atoms with Gasteiger partial charge in [0.25, 0.3) is 0 Å². The van der Waals surface area contributed by atoms with Crippen LogP contribution in [0.2, 0.25) is 0 Å². The van der Waals surface area contributed by atoms with E-state index in [0.717, 1.165) is 39.0 Å². The minimum Gasteiger partial charge on any atom is -0.481 e.